The lowest BCUT2D eigenvalue weighted by Crippen LogP contribution is -2.65. The van der Waals surface area contributed by atoms with Crippen molar-refractivity contribution in [2.24, 2.45) is 55.7 Å². The van der Waals surface area contributed by atoms with Gasteiger partial charge in [0.05, 0.1) is 23.0 Å². The molecular formula is C30H48O5. The van der Waals surface area contributed by atoms with Crippen LogP contribution in [0.15, 0.2) is 0 Å². The maximum atomic E-state index is 13.5. The predicted molar refractivity (Wildman–Crippen MR) is 134 cm³/mol. The van der Waals surface area contributed by atoms with Crippen molar-refractivity contribution in [2.45, 2.75) is 118 Å². The number of carboxylic acid groups (broad SMARTS) is 1. The van der Waals surface area contributed by atoms with Crippen LogP contribution in [-0.4, -0.2) is 39.8 Å². The van der Waals surface area contributed by atoms with Crippen molar-refractivity contribution in [3.8, 4) is 0 Å². The molecule has 0 aromatic heterocycles. The summed E-state index contributed by atoms with van der Waals surface area (Å²) in [5.41, 5.74) is -3.26. The van der Waals surface area contributed by atoms with E-state index >= 15 is 0 Å². The second-order valence-electron chi connectivity index (χ2n) is 15.6. The minimum absolute atomic E-state index is 0.0599. The third-order valence-corrected chi connectivity index (χ3v) is 13.8. The fraction of sp³-hybridized carbons (Fsp3) is 0.933. The van der Waals surface area contributed by atoms with Gasteiger partial charge in [0.25, 0.3) is 0 Å². The normalized spacial score (nSPS) is 56.2. The molecule has 10 atom stereocenters. The number of carboxylic acids is 1. The van der Waals surface area contributed by atoms with Crippen LogP contribution in [0.25, 0.3) is 0 Å². The Hall–Kier alpha value is -0.940. The fourth-order valence-corrected chi connectivity index (χ4v) is 11.6. The summed E-state index contributed by atoms with van der Waals surface area (Å²) in [5.74, 6) is -0.981. The van der Waals surface area contributed by atoms with Crippen molar-refractivity contribution in [3.05, 3.63) is 0 Å². The molecular weight excluding hydrogens is 440 g/mol. The molecule has 5 nitrogen and oxygen atoms in total. The van der Waals surface area contributed by atoms with Crippen LogP contribution < -0.4 is 0 Å². The highest BCUT2D eigenvalue weighted by molar-refractivity contribution is 5.78. The third-order valence-electron chi connectivity index (χ3n) is 13.8. The first-order valence-electron chi connectivity index (χ1n) is 14.1. The van der Waals surface area contributed by atoms with Crippen molar-refractivity contribution >= 4 is 12.3 Å². The average Bonchev–Trinajstić information content (AvgIpc) is 2.92. The Labute approximate surface area is 211 Å². The second kappa shape index (κ2) is 7.12. The van der Waals surface area contributed by atoms with Crippen LogP contribution in [0.5, 0.6) is 0 Å². The molecule has 5 saturated carbocycles. The van der Waals surface area contributed by atoms with E-state index < -0.39 is 28.3 Å². The number of hydrogen-bond donors (Lipinski definition) is 3. The molecule has 0 bridgehead atoms. The number of carbonyl (C=O) groups excluding carboxylic acids is 1. The van der Waals surface area contributed by atoms with E-state index in [1.165, 1.54) is 0 Å². The monoisotopic (exact) mass is 488 g/mol. The Kier molecular flexibility index (Phi) is 5.23. The number of hydrogen-bond acceptors (Lipinski definition) is 4. The number of carbonyl (C=O) groups is 2. The largest absolute Gasteiger partial charge is 0.481 e. The highest BCUT2D eigenvalue weighted by atomic mass is 16.4. The summed E-state index contributed by atoms with van der Waals surface area (Å²) >= 11 is 0. The van der Waals surface area contributed by atoms with Gasteiger partial charge in [-0.05, 0) is 103 Å². The SMILES string of the molecule is CC1(C)CC[C@]2(C(=O)O)CC[C@]3(C)[C@](C=O)([C@@H]2C1)[C@@H](O)[C@@H]1[C@@]2(C)CC[C@H](O)C(C)(C)[C@@H]2CC[C@]13C. The van der Waals surface area contributed by atoms with E-state index in [0.29, 0.717) is 32.1 Å². The molecule has 5 aliphatic carbocycles. The molecule has 0 unspecified atom stereocenters. The zero-order chi connectivity index (χ0) is 26.0. The van der Waals surface area contributed by atoms with Crippen molar-refractivity contribution < 1.29 is 24.9 Å². The maximum absolute atomic E-state index is 13.5. The quantitative estimate of drug-likeness (QED) is 0.449. The van der Waals surface area contributed by atoms with Gasteiger partial charge in [-0.2, -0.15) is 0 Å². The highest BCUT2D eigenvalue weighted by Crippen LogP contribution is 2.82. The fourth-order valence-electron chi connectivity index (χ4n) is 11.6. The molecule has 0 heterocycles. The molecule has 0 aliphatic heterocycles. The summed E-state index contributed by atoms with van der Waals surface area (Å²) in [6.07, 6.45) is 6.60. The number of aliphatic hydroxyl groups excluding tert-OH is 2. The molecule has 5 rings (SSSR count). The lowest BCUT2D eigenvalue weighted by atomic mass is 9.37. The first-order valence-corrected chi connectivity index (χ1v) is 14.1. The van der Waals surface area contributed by atoms with E-state index in [-0.39, 0.29) is 45.5 Å². The van der Waals surface area contributed by atoms with E-state index in [0.717, 1.165) is 32.0 Å². The summed E-state index contributed by atoms with van der Waals surface area (Å²) in [7, 11) is 0. The van der Waals surface area contributed by atoms with E-state index in [9.17, 15) is 24.9 Å². The minimum Gasteiger partial charge on any atom is -0.481 e. The molecule has 0 radical (unpaired) electrons. The number of fused-ring (bicyclic) bond motifs is 7. The molecule has 0 saturated heterocycles. The summed E-state index contributed by atoms with van der Waals surface area (Å²) in [4.78, 5) is 26.5. The van der Waals surface area contributed by atoms with Crippen LogP contribution in [0, 0.1) is 55.7 Å². The Balaban J connectivity index is 1.73. The standard InChI is InChI=1S/C30H48O5/c1-24(2)12-14-29(23(34)35)15-13-28(7)27(6)11-8-18-25(3,4)20(32)9-10-26(18,5)21(27)22(33)30(28,17-31)19(29)16-24/h17-22,32-33H,8-16H2,1-7H3,(H,34,35)/t18-,19+,20-,21+,22-,26-,27+,28-,29-,30+/m0/s1. The second-order valence-corrected chi connectivity index (χ2v) is 15.6. The smallest absolute Gasteiger partial charge is 0.309 e. The van der Waals surface area contributed by atoms with Crippen LogP contribution in [0.3, 0.4) is 0 Å². The molecule has 0 spiro atoms. The van der Waals surface area contributed by atoms with Crippen LogP contribution >= 0.6 is 0 Å². The van der Waals surface area contributed by atoms with Gasteiger partial charge in [-0.15, -0.1) is 0 Å². The molecule has 35 heavy (non-hydrogen) atoms. The van der Waals surface area contributed by atoms with Gasteiger partial charge in [0.2, 0.25) is 0 Å². The lowest BCUT2D eigenvalue weighted by molar-refractivity contribution is -0.208. The first-order chi connectivity index (χ1) is 16.0. The Bertz CT molecular complexity index is 941. The van der Waals surface area contributed by atoms with Gasteiger partial charge in [0.15, 0.2) is 0 Å². The highest BCUT2D eigenvalue weighted by Gasteiger charge is 2.82. The van der Waals surface area contributed by atoms with Gasteiger partial charge in [0.1, 0.15) is 6.29 Å². The lowest BCUT2D eigenvalue weighted by Gasteiger charge is -2.66. The third kappa shape index (κ3) is 2.68. The minimum atomic E-state index is -1.07. The van der Waals surface area contributed by atoms with Crippen molar-refractivity contribution in [1.82, 2.24) is 0 Å². The van der Waals surface area contributed by atoms with Gasteiger partial charge < -0.3 is 20.1 Å². The first kappa shape index (κ1) is 25.7. The van der Waals surface area contributed by atoms with Crippen molar-refractivity contribution in [3.63, 3.8) is 0 Å². The van der Waals surface area contributed by atoms with Gasteiger partial charge in [-0.3, -0.25) is 4.79 Å². The number of rotatable bonds is 2. The summed E-state index contributed by atoms with van der Waals surface area (Å²) in [5, 5.41) is 34.1. The zero-order valence-electron chi connectivity index (χ0n) is 23.0. The molecule has 0 aromatic carbocycles. The molecule has 5 aliphatic rings. The molecule has 0 amide bonds. The summed E-state index contributed by atoms with van der Waals surface area (Å²) < 4.78 is 0. The zero-order valence-corrected chi connectivity index (χ0v) is 23.0. The van der Waals surface area contributed by atoms with Gasteiger partial charge in [-0.25, -0.2) is 0 Å². The maximum Gasteiger partial charge on any atom is 0.309 e. The Morgan fingerprint density at radius 3 is 2.06 bits per heavy atom. The average molecular weight is 489 g/mol. The molecule has 5 fully saturated rings. The van der Waals surface area contributed by atoms with E-state index in [1.54, 1.807) is 0 Å². The van der Waals surface area contributed by atoms with Crippen molar-refractivity contribution in [1.29, 1.82) is 0 Å². The van der Waals surface area contributed by atoms with Crippen molar-refractivity contribution in [2.75, 3.05) is 0 Å². The number of aldehydes is 1. The van der Waals surface area contributed by atoms with Gasteiger partial charge in [-0.1, -0.05) is 48.5 Å². The molecule has 198 valence electrons. The van der Waals surface area contributed by atoms with Crippen LogP contribution in [0.4, 0.5) is 0 Å². The number of aliphatic hydroxyl groups is 2. The van der Waals surface area contributed by atoms with Crippen LogP contribution in [-0.2, 0) is 9.59 Å². The van der Waals surface area contributed by atoms with E-state index in [4.69, 9.17) is 0 Å². The Morgan fingerprint density at radius 1 is 0.829 bits per heavy atom. The van der Waals surface area contributed by atoms with Gasteiger partial charge in [0, 0.05) is 0 Å². The summed E-state index contributed by atoms with van der Waals surface area (Å²) in [6, 6.07) is 0. The number of aliphatic carboxylic acids is 1. The van der Waals surface area contributed by atoms with Crippen LogP contribution in [0.2, 0.25) is 0 Å². The van der Waals surface area contributed by atoms with E-state index in [1.807, 2.05) is 0 Å². The molecule has 0 aromatic rings. The predicted octanol–water partition coefficient (Wildman–Crippen LogP) is 5.46. The topological polar surface area (TPSA) is 94.8 Å². The van der Waals surface area contributed by atoms with Gasteiger partial charge >= 0.3 is 5.97 Å². The Morgan fingerprint density at radius 2 is 1.46 bits per heavy atom. The van der Waals surface area contributed by atoms with E-state index in [2.05, 4.69) is 48.5 Å². The molecule has 5 heteroatoms. The summed E-state index contributed by atoms with van der Waals surface area (Å²) in [6.45, 7) is 15.6. The van der Waals surface area contributed by atoms with Crippen LogP contribution in [0.1, 0.15) is 106 Å². The molecule has 3 N–H and O–H groups in total.